The third-order valence-corrected chi connectivity index (χ3v) is 0. The third-order valence-electron chi connectivity index (χ3n) is 0. The van der Waals surface area contributed by atoms with Gasteiger partial charge in [-0.1, -0.05) is 0 Å². The molecule has 0 aliphatic heterocycles. The summed E-state index contributed by atoms with van der Waals surface area (Å²) in [6.45, 7) is 12.3. The van der Waals surface area contributed by atoms with Crippen LogP contribution in [0.5, 0.6) is 0 Å². The van der Waals surface area contributed by atoms with Gasteiger partial charge in [-0.3, -0.25) is 6.38 Å². The fourth-order valence-electron chi connectivity index (χ4n) is 0. The minimum absolute atomic E-state index is 0. The Labute approximate surface area is 115 Å². The summed E-state index contributed by atoms with van der Waals surface area (Å²) in [5.41, 5.74) is 0. The largest absolute Gasteiger partial charge is 2.00 e. The van der Waals surface area contributed by atoms with Crippen LogP contribution in [0.2, 0.25) is 0 Å². The quantitative estimate of drug-likeness (QED) is 0.468. The van der Waals surface area contributed by atoms with E-state index < -0.39 is 0 Å². The maximum atomic E-state index is 7.57. The van der Waals surface area contributed by atoms with E-state index in [1.54, 1.807) is 20.8 Å². The van der Waals surface area contributed by atoms with Gasteiger partial charge in [0.15, 0.2) is 0 Å². The van der Waals surface area contributed by atoms with Gasteiger partial charge in [0.1, 0.15) is 0 Å². The molecule has 5 heteroatoms. The molecule has 0 heterocycles. The molecule has 94 valence electrons. The van der Waals surface area contributed by atoms with E-state index in [-0.39, 0.29) is 41.5 Å². The molecule has 3 nitrogen and oxygen atoms in total. The molecule has 0 aliphatic rings. The Morgan fingerprint density at radius 1 is 1.00 bits per heavy atom. The molecule has 0 radical (unpaired) electrons. The fraction of sp³-hybridized carbons (Fsp3) is 0.600. The van der Waals surface area contributed by atoms with E-state index in [4.69, 9.17) is 15.3 Å². The molecule has 0 fully saturated rings. The number of rotatable bonds is 0. The van der Waals surface area contributed by atoms with Crippen molar-refractivity contribution >= 4 is 11.6 Å². The van der Waals surface area contributed by atoms with Crippen LogP contribution in [0.1, 0.15) is 20.8 Å². The van der Waals surface area contributed by atoms with Crippen LogP contribution in [-0.2, 0) is 21.7 Å². The summed E-state index contributed by atoms with van der Waals surface area (Å²) >= 11 is 4.39. The second kappa shape index (κ2) is 131. The molecule has 0 rings (SSSR count). The molecule has 0 aliphatic carbocycles. The maximum Gasteiger partial charge on any atom is 2.00 e. The molecule has 0 aromatic rings. The van der Waals surface area contributed by atoms with Crippen LogP contribution in [0, 0.1) is 13.3 Å². The average Bonchev–Trinajstić information content (AvgIpc) is 2.12. The van der Waals surface area contributed by atoms with E-state index >= 15 is 0 Å². The van der Waals surface area contributed by atoms with Crippen LogP contribution in [0.3, 0.4) is 0 Å². The standard InChI is InChI=1S/C3H5.3C2H6O.CH2Cl.Ti/c1-3-2;3*1-2-3;1-2;/h3H,1-2H2;3*3H,2H2,1H3;1H2;/q-1;;;;-1;+2. The van der Waals surface area contributed by atoms with Gasteiger partial charge in [0.25, 0.3) is 0 Å². The second-order valence-corrected chi connectivity index (χ2v) is 1.24. The van der Waals surface area contributed by atoms with Crippen LogP contribution >= 0.6 is 11.6 Å². The van der Waals surface area contributed by atoms with Gasteiger partial charge in [-0.25, -0.2) is 19.6 Å². The molecule has 0 saturated carbocycles. The number of allylic oxidation sites excluding steroid dienone is 1. The van der Waals surface area contributed by atoms with Gasteiger partial charge >= 0.3 is 21.7 Å². The average molecular weight is 277 g/mol. The van der Waals surface area contributed by atoms with Crippen molar-refractivity contribution in [3.63, 3.8) is 0 Å². The van der Waals surface area contributed by atoms with E-state index in [0.29, 0.717) is 0 Å². The predicted octanol–water partition coefficient (Wildman–Crippen LogP) is 2.02. The van der Waals surface area contributed by atoms with Gasteiger partial charge in [0, 0.05) is 19.8 Å². The summed E-state index contributed by atoms with van der Waals surface area (Å²) in [5, 5.41) is 22.7. The Morgan fingerprint density at radius 2 is 1.00 bits per heavy atom. The first-order valence-corrected chi connectivity index (χ1v) is 4.69. The van der Waals surface area contributed by atoms with Crippen LogP contribution < -0.4 is 0 Å². The van der Waals surface area contributed by atoms with E-state index in [1.807, 2.05) is 0 Å². The molecular weight excluding hydrogens is 251 g/mol. The summed E-state index contributed by atoms with van der Waals surface area (Å²) in [6.07, 6.45) is 4.22. The van der Waals surface area contributed by atoms with Gasteiger partial charge in [0.05, 0.1) is 0 Å². The molecule has 0 spiro atoms. The molecule has 0 atom stereocenters. The number of aliphatic hydroxyl groups is 3. The molecule has 0 aromatic carbocycles. The van der Waals surface area contributed by atoms with Gasteiger partial charge in [-0.2, -0.15) is 0 Å². The van der Waals surface area contributed by atoms with E-state index in [1.165, 1.54) is 6.08 Å². The zero-order valence-electron chi connectivity index (χ0n) is 10.0. The first-order chi connectivity index (χ1) is 6.66. The predicted molar refractivity (Wildman–Crippen MR) is 65.0 cm³/mol. The maximum absolute atomic E-state index is 7.57. The minimum Gasteiger partial charge on any atom is -0.397 e. The monoisotopic (exact) mass is 276 g/mol. The first-order valence-electron chi connectivity index (χ1n) is 4.15. The Balaban J connectivity index is -0.0000000167. The topological polar surface area (TPSA) is 60.7 Å². The Morgan fingerprint density at radius 3 is 1.00 bits per heavy atom. The Hall–Kier alpha value is 0.494. The van der Waals surface area contributed by atoms with Crippen molar-refractivity contribution in [2.24, 2.45) is 0 Å². The molecule has 3 N–H and O–H groups in total. The summed E-state index contributed by atoms with van der Waals surface area (Å²) in [6, 6.07) is 0. The molecular formula is C10H25ClO3Ti. The second-order valence-electron chi connectivity index (χ2n) is 1.24. The normalized spacial score (nSPS) is 4.80. The van der Waals surface area contributed by atoms with Gasteiger partial charge in [0.2, 0.25) is 0 Å². The van der Waals surface area contributed by atoms with E-state index in [2.05, 4.69) is 31.5 Å². The van der Waals surface area contributed by atoms with Crippen LogP contribution in [0.25, 0.3) is 0 Å². The Bertz CT molecular complexity index is 44.9. The SMILES string of the molecule is C=C[CH2-].CCO.CCO.CCO.[CH2-]Cl.[Ti+2]. The van der Waals surface area contributed by atoms with Gasteiger partial charge < -0.3 is 26.9 Å². The number of hydrogen-bond donors (Lipinski definition) is 3. The third kappa shape index (κ3) is 9260. The first kappa shape index (κ1) is 36.1. The van der Waals surface area contributed by atoms with Crippen molar-refractivity contribution < 1.29 is 37.0 Å². The zero-order valence-corrected chi connectivity index (χ0v) is 12.4. The molecule has 0 aromatic heterocycles. The number of hydrogen-bond acceptors (Lipinski definition) is 3. The van der Waals surface area contributed by atoms with Gasteiger partial charge in [-0.05, 0) is 20.8 Å². The molecule has 0 bridgehead atoms. The van der Waals surface area contributed by atoms with E-state index in [0.717, 1.165) is 0 Å². The summed E-state index contributed by atoms with van der Waals surface area (Å²) in [7, 11) is 0. The smallest absolute Gasteiger partial charge is 0.397 e. The summed E-state index contributed by atoms with van der Waals surface area (Å²) < 4.78 is 0. The van der Waals surface area contributed by atoms with Gasteiger partial charge in [-0.15, -0.1) is 0 Å². The van der Waals surface area contributed by atoms with Crippen LogP contribution in [-0.4, -0.2) is 35.1 Å². The van der Waals surface area contributed by atoms with Crippen molar-refractivity contribution in [2.45, 2.75) is 20.8 Å². The van der Waals surface area contributed by atoms with Crippen molar-refractivity contribution in [1.29, 1.82) is 0 Å². The van der Waals surface area contributed by atoms with Crippen molar-refractivity contribution in [1.82, 2.24) is 0 Å². The fourth-order valence-corrected chi connectivity index (χ4v) is 0. The van der Waals surface area contributed by atoms with Crippen LogP contribution in [0.15, 0.2) is 12.7 Å². The van der Waals surface area contributed by atoms with Crippen molar-refractivity contribution in [3.05, 3.63) is 26.0 Å². The molecule has 0 amide bonds. The summed E-state index contributed by atoms with van der Waals surface area (Å²) in [5.74, 6) is 0. The number of aliphatic hydroxyl groups excluding tert-OH is 3. The zero-order chi connectivity index (χ0) is 12.8. The Kier molecular flexibility index (Phi) is 315. The molecule has 0 unspecified atom stereocenters. The number of halogens is 1. The molecule has 15 heavy (non-hydrogen) atoms. The molecule has 0 saturated heterocycles. The summed E-state index contributed by atoms with van der Waals surface area (Å²) in [4.78, 5) is 0. The van der Waals surface area contributed by atoms with Crippen LogP contribution in [0.4, 0.5) is 0 Å². The van der Waals surface area contributed by atoms with Crippen molar-refractivity contribution in [3.8, 4) is 0 Å². The van der Waals surface area contributed by atoms with Crippen molar-refractivity contribution in [2.75, 3.05) is 19.8 Å². The van der Waals surface area contributed by atoms with E-state index in [9.17, 15) is 0 Å². The minimum atomic E-state index is 0.